The molecule has 0 spiro atoms. The molecule has 6 nitrogen and oxygen atoms in total. The first-order chi connectivity index (χ1) is 12.6. The fourth-order valence-corrected chi connectivity index (χ4v) is 3.48. The molecule has 26 heavy (non-hydrogen) atoms. The van der Waals surface area contributed by atoms with Crippen LogP contribution in [0.5, 0.6) is 0 Å². The van der Waals surface area contributed by atoms with Crippen LogP contribution in [-0.2, 0) is 19.5 Å². The van der Waals surface area contributed by atoms with Gasteiger partial charge in [-0.1, -0.05) is 35.3 Å². The number of nitrogens with zero attached hydrogens (tertiary/aromatic N) is 4. The molecule has 1 aliphatic rings. The van der Waals surface area contributed by atoms with Crippen molar-refractivity contribution < 1.29 is 0 Å². The van der Waals surface area contributed by atoms with E-state index < -0.39 is 0 Å². The van der Waals surface area contributed by atoms with Crippen LogP contribution in [0.15, 0.2) is 41.7 Å². The zero-order valence-electron chi connectivity index (χ0n) is 13.7. The van der Waals surface area contributed by atoms with Crippen LogP contribution in [0.4, 0.5) is 0 Å². The third-order valence-electron chi connectivity index (χ3n) is 4.41. The van der Waals surface area contributed by atoms with Crippen LogP contribution in [-0.4, -0.2) is 31.4 Å². The van der Waals surface area contributed by atoms with Gasteiger partial charge in [-0.3, -0.25) is 9.69 Å². The van der Waals surface area contributed by atoms with E-state index in [4.69, 9.17) is 23.2 Å². The highest BCUT2D eigenvalue weighted by Crippen LogP contribution is 2.28. The fraction of sp³-hybridized carbons (Fsp3) is 0.222. The van der Waals surface area contributed by atoms with Crippen LogP contribution < -0.4 is 5.56 Å². The quantitative estimate of drug-likeness (QED) is 0.747. The number of H-pyrrole nitrogens is 1. The molecule has 2 aromatic heterocycles. The molecule has 0 unspecified atom stereocenters. The standard InChI is InChI=1S/C18H15Cl2N5O/c19-14-3-1-2-11(16(14)20)8-25-5-4-13-15(9-25)23-17(24-18(13)26)12-6-21-10-22-7-12/h1-3,6-7,10H,4-5,8-9H2,(H,23,24,26). The van der Waals surface area contributed by atoms with Gasteiger partial charge in [0.15, 0.2) is 0 Å². The first-order valence-electron chi connectivity index (χ1n) is 8.14. The molecular weight excluding hydrogens is 373 g/mol. The van der Waals surface area contributed by atoms with E-state index in [1.54, 1.807) is 18.5 Å². The van der Waals surface area contributed by atoms with Crippen LogP contribution in [0.2, 0.25) is 10.0 Å². The molecule has 1 N–H and O–H groups in total. The third-order valence-corrected chi connectivity index (χ3v) is 5.27. The minimum Gasteiger partial charge on any atom is -0.306 e. The molecule has 0 fully saturated rings. The number of rotatable bonds is 3. The van der Waals surface area contributed by atoms with Gasteiger partial charge in [-0.25, -0.2) is 15.0 Å². The zero-order chi connectivity index (χ0) is 18.1. The Bertz CT molecular complexity index is 1010. The summed E-state index contributed by atoms with van der Waals surface area (Å²) in [6.45, 7) is 1.98. The lowest BCUT2D eigenvalue weighted by Crippen LogP contribution is -2.35. The van der Waals surface area contributed by atoms with Crippen molar-refractivity contribution in [3.63, 3.8) is 0 Å². The smallest absolute Gasteiger partial charge is 0.254 e. The van der Waals surface area contributed by atoms with Crippen molar-refractivity contribution in [1.29, 1.82) is 0 Å². The van der Waals surface area contributed by atoms with E-state index in [-0.39, 0.29) is 5.56 Å². The van der Waals surface area contributed by atoms with Crippen LogP contribution in [0.25, 0.3) is 11.4 Å². The number of fused-ring (bicyclic) bond motifs is 1. The molecule has 8 heteroatoms. The molecule has 0 aliphatic carbocycles. The van der Waals surface area contributed by atoms with Crippen LogP contribution in [0.3, 0.4) is 0 Å². The topological polar surface area (TPSA) is 74.8 Å². The van der Waals surface area contributed by atoms with Crippen molar-refractivity contribution in [2.45, 2.75) is 19.5 Å². The second-order valence-electron chi connectivity index (χ2n) is 6.14. The number of aromatic amines is 1. The lowest BCUT2D eigenvalue weighted by molar-refractivity contribution is 0.240. The Balaban J connectivity index is 1.63. The Morgan fingerprint density at radius 1 is 1.19 bits per heavy atom. The van der Waals surface area contributed by atoms with Crippen LogP contribution in [0, 0.1) is 0 Å². The van der Waals surface area contributed by atoms with Gasteiger partial charge in [0.1, 0.15) is 12.2 Å². The minimum atomic E-state index is -0.103. The van der Waals surface area contributed by atoms with Crippen molar-refractivity contribution in [3.05, 3.63) is 74.1 Å². The summed E-state index contributed by atoms with van der Waals surface area (Å²) in [7, 11) is 0. The van der Waals surface area contributed by atoms with Gasteiger partial charge < -0.3 is 4.98 Å². The third kappa shape index (κ3) is 3.35. The Hall–Kier alpha value is -2.28. The average Bonchev–Trinajstić information content (AvgIpc) is 2.66. The van der Waals surface area contributed by atoms with Gasteiger partial charge in [0.2, 0.25) is 0 Å². The average molecular weight is 388 g/mol. The second-order valence-corrected chi connectivity index (χ2v) is 6.93. The summed E-state index contributed by atoms with van der Waals surface area (Å²) in [5, 5.41) is 1.11. The number of aromatic nitrogens is 4. The molecule has 0 saturated carbocycles. The summed E-state index contributed by atoms with van der Waals surface area (Å²) in [4.78, 5) is 30.1. The van der Waals surface area contributed by atoms with Gasteiger partial charge in [-0.15, -0.1) is 0 Å². The summed E-state index contributed by atoms with van der Waals surface area (Å²) in [6, 6.07) is 5.62. The molecule has 1 aliphatic heterocycles. The van der Waals surface area contributed by atoms with E-state index in [9.17, 15) is 4.79 Å². The SMILES string of the molecule is O=c1[nH]c(-c2cncnc2)nc2c1CCN(Cc1cccc(Cl)c1Cl)C2. The molecule has 0 radical (unpaired) electrons. The van der Waals surface area contributed by atoms with E-state index in [0.717, 1.165) is 23.4 Å². The fourth-order valence-electron chi connectivity index (χ4n) is 3.10. The van der Waals surface area contributed by atoms with Crippen molar-refractivity contribution in [3.8, 4) is 11.4 Å². The Morgan fingerprint density at radius 2 is 2.00 bits per heavy atom. The number of benzene rings is 1. The predicted molar refractivity (Wildman–Crippen MR) is 100 cm³/mol. The number of hydrogen-bond acceptors (Lipinski definition) is 5. The van der Waals surface area contributed by atoms with Gasteiger partial charge >= 0.3 is 0 Å². The van der Waals surface area contributed by atoms with Crippen molar-refractivity contribution >= 4 is 23.2 Å². The van der Waals surface area contributed by atoms with E-state index in [1.165, 1.54) is 6.33 Å². The second kappa shape index (κ2) is 7.15. The highest BCUT2D eigenvalue weighted by atomic mass is 35.5. The monoisotopic (exact) mass is 387 g/mol. The predicted octanol–water partition coefficient (Wildman–Crippen LogP) is 3.09. The molecule has 3 aromatic rings. The highest BCUT2D eigenvalue weighted by Gasteiger charge is 2.22. The molecule has 0 atom stereocenters. The minimum absolute atomic E-state index is 0.103. The summed E-state index contributed by atoms with van der Waals surface area (Å²) in [5.74, 6) is 0.483. The van der Waals surface area contributed by atoms with Crippen LogP contribution >= 0.6 is 23.2 Å². The molecular formula is C18H15Cl2N5O. The maximum atomic E-state index is 12.4. The molecule has 0 amide bonds. The molecule has 3 heterocycles. The van der Waals surface area contributed by atoms with Gasteiger partial charge in [-0.05, 0) is 18.1 Å². The first-order valence-corrected chi connectivity index (χ1v) is 8.90. The largest absolute Gasteiger partial charge is 0.306 e. The summed E-state index contributed by atoms with van der Waals surface area (Å²) < 4.78 is 0. The van der Waals surface area contributed by atoms with Gasteiger partial charge in [-0.2, -0.15) is 0 Å². The van der Waals surface area contributed by atoms with E-state index >= 15 is 0 Å². The summed E-state index contributed by atoms with van der Waals surface area (Å²) in [6.07, 6.45) is 5.34. The zero-order valence-corrected chi connectivity index (χ0v) is 15.3. The Kier molecular flexibility index (Phi) is 4.72. The number of halogens is 2. The van der Waals surface area contributed by atoms with Crippen LogP contribution in [0.1, 0.15) is 16.8 Å². The van der Waals surface area contributed by atoms with E-state index in [2.05, 4.69) is 24.8 Å². The molecule has 1 aromatic carbocycles. The van der Waals surface area contributed by atoms with Crippen molar-refractivity contribution in [2.24, 2.45) is 0 Å². The highest BCUT2D eigenvalue weighted by molar-refractivity contribution is 6.42. The molecule has 0 bridgehead atoms. The maximum absolute atomic E-state index is 12.4. The molecule has 0 saturated heterocycles. The normalized spacial score (nSPS) is 14.2. The number of hydrogen-bond donors (Lipinski definition) is 1. The van der Waals surface area contributed by atoms with E-state index in [0.29, 0.717) is 40.9 Å². The van der Waals surface area contributed by atoms with E-state index in [1.807, 2.05) is 12.1 Å². The number of nitrogens with one attached hydrogen (secondary N) is 1. The summed E-state index contributed by atoms with van der Waals surface area (Å²) in [5.41, 5.74) is 3.05. The Morgan fingerprint density at radius 3 is 2.81 bits per heavy atom. The lowest BCUT2D eigenvalue weighted by atomic mass is 10.1. The maximum Gasteiger partial charge on any atom is 0.254 e. The Labute approximate surface area is 159 Å². The van der Waals surface area contributed by atoms with Gasteiger partial charge in [0, 0.05) is 37.6 Å². The summed E-state index contributed by atoms with van der Waals surface area (Å²) >= 11 is 12.4. The van der Waals surface area contributed by atoms with Gasteiger partial charge in [0.05, 0.1) is 21.3 Å². The van der Waals surface area contributed by atoms with Gasteiger partial charge in [0.25, 0.3) is 5.56 Å². The molecule has 132 valence electrons. The molecule has 4 rings (SSSR count). The van der Waals surface area contributed by atoms with Crippen molar-refractivity contribution in [1.82, 2.24) is 24.8 Å². The van der Waals surface area contributed by atoms with Crippen molar-refractivity contribution in [2.75, 3.05) is 6.54 Å². The first kappa shape index (κ1) is 17.1. The lowest BCUT2D eigenvalue weighted by Gasteiger charge is -2.28.